The summed E-state index contributed by atoms with van der Waals surface area (Å²) in [5, 5.41) is 11.3. The number of aryl methyl sites for hydroxylation is 3. The Bertz CT molecular complexity index is 1220. The highest BCUT2D eigenvalue weighted by molar-refractivity contribution is 7.93. The topological polar surface area (TPSA) is 97.6 Å². The van der Waals surface area contributed by atoms with Crippen molar-refractivity contribution in [2.45, 2.75) is 25.7 Å². The molecule has 1 amide bonds. The summed E-state index contributed by atoms with van der Waals surface area (Å²) in [7, 11) is -4.26. The van der Waals surface area contributed by atoms with Gasteiger partial charge in [-0.15, -0.1) is 0 Å². The summed E-state index contributed by atoms with van der Waals surface area (Å²) in [6.07, 6.45) is 0. The molecule has 0 heterocycles. The molecule has 0 fully saturated rings. The van der Waals surface area contributed by atoms with Crippen molar-refractivity contribution < 1.29 is 18.1 Å². The predicted molar refractivity (Wildman–Crippen MR) is 114 cm³/mol. The molecule has 0 atom stereocenters. The molecule has 30 heavy (non-hydrogen) atoms. The first-order valence-corrected chi connectivity index (χ1v) is 10.5. The van der Waals surface area contributed by atoms with Crippen LogP contribution in [0, 0.1) is 30.9 Å². The number of hydrogen-bond acceptors (Lipinski definition) is 5. The maximum absolute atomic E-state index is 13.4. The van der Waals surface area contributed by atoms with Crippen molar-refractivity contribution in [3.05, 3.63) is 99.1 Å². The number of anilines is 1. The molecule has 0 spiro atoms. The predicted octanol–water partition coefficient (Wildman–Crippen LogP) is 4.56. The van der Waals surface area contributed by atoms with Gasteiger partial charge in [0.2, 0.25) is 0 Å². The zero-order valence-corrected chi connectivity index (χ0v) is 17.5. The molecule has 0 aliphatic carbocycles. The lowest BCUT2D eigenvalue weighted by Crippen LogP contribution is -2.37. The lowest BCUT2D eigenvalue weighted by atomic mass is 10.1. The Hall–Kier alpha value is -3.52. The number of carbonyl (C=O) groups excluding carboxylic acids is 1. The Morgan fingerprint density at radius 1 is 0.867 bits per heavy atom. The van der Waals surface area contributed by atoms with Crippen molar-refractivity contribution in [3.8, 4) is 0 Å². The van der Waals surface area contributed by atoms with Gasteiger partial charge in [0.15, 0.2) is 0 Å². The first-order valence-electron chi connectivity index (χ1n) is 9.09. The molecule has 0 unspecified atom stereocenters. The van der Waals surface area contributed by atoms with Crippen LogP contribution in [0.15, 0.2) is 71.6 Å². The molecule has 0 aliphatic heterocycles. The van der Waals surface area contributed by atoms with Crippen LogP contribution in [-0.2, 0) is 10.0 Å². The van der Waals surface area contributed by atoms with E-state index in [0.717, 1.165) is 17.2 Å². The number of rotatable bonds is 5. The fourth-order valence-electron chi connectivity index (χ4n) is 2.92. The Labute approximate surface area is 174 Å². The summed E-state index contributed by atoms with van der Waals surface area (Å²) in [5.74, 6) is -0.873. The minimum absolute atomic E-state index is 0.0522. The van der Waals surface area contributed by atoms with Gasteiger partial charge in [-0.1, -0.05) is 41.5 Å². The SMILES string of the molecule is Cc1ccc(N(C(=O)c2ccc(C)c([N+](=O)[O-])c2)S(=O)(=O)c2ccc(C)cc2)cc1. The lowest BCUT2D eigenvalue weighted by Gasteiger charge is -2.23. The second-order valence-electron chi connectivity index (χ2n) is 6.98. The molecular weight excluding hydrogens is 404 g/mol. The Balaban J connectivity index is 2.18. The number of sulfonamides is 1. The van der Waals surface area contributed by atoms with Crippen molar-refractivity contribution in [1.29, 1.82) is 0 Å². The zero-order valence-electron chi connectivity index (χ0n) is 16.7. The summed E-state index contributed by atoms with van der Waals surface area (Å²) in [6.45, 7) is 5.21. The van der Waals surface area contributed by atoms with E-state index in [-0.39, 0.29) is 21.8 Å². The molecule has 0 bridgehead atoms. The van der Waals surface area contributed by atoms with Crippen LogP contribution in [0.3, 0.4) is 0 Å². The molecular formula is C22H20N2O5S. The van der Waals surface area contributed by atoms with Gasteiger partial charge in [0.05, 0.1) is 15.5 Å². The highest BCUT2D eigenvalue weighted by Crippen LogP contribution is 2.28. The second kappa shape index (κ2) is 8.08. The van der Waals surface area contributed by atoms with Crippen LogP contribution in [-0.4, -0.2) is 19.2 Å². The Morgan fingerprint density at radius 3 is 1.93 bits per heavy atom. The molecule has 0 N–H and O–H groups in total. The Morgan fingerprint density at radius 2 is 1.40 bits per heavy atom. The van der Waals surface area contributed by atoms with Gasteiger partial charge in [0.1, 0.15) is 0 Å². The fourth-order valence-corrected chi connectivity index (χ4v) is 4.33. The number of benzene rings is 3. The molecule has 154 valence electrons. The lowest BCUT2D eigenvalue weighted by molar-refractivity contribution is -0.385. The molecule has 0 aliphatic rings. The summed E-state index contributed by atoms with van der Waals surface area (Å²) >= 11 is 0. The van der Waals surface area contributed by atoms with Crippen molar-refractivity contribution in [1.82, 2.24) is 0 Å². The standard InChI is InChI=1S/C22H20N2O5S/c1-15-4-10-19(11-5-15)23(30(28,29)20-12-6-16(2)7-13-20)22(25)18-9-8-17(3)21(14-18)24(26)27/h4-14H,1-3H3. The summed E-state index contributed by atoms with van der Waals surface area (Å²) in [6, 6.07) is 16.5. The summed E-state index contributed by atoms with van der Waals surface area (Å²) in [4.78, 5) is 24.0. The molecule has 3 aromatic rings. The average molecular weight is 424 g/mol. The fraction of sp³-hybridized carbons (Fsp3) is 0.136. The van der Waals surface area contributed by atoms with Crippen LogP contribution in [0.5, 0.6) is 0 Å². The molecule has 0 saturated heterocycles. The van der Waals surface area contributed by atoms with E-state index in [1.165, 1.54) is 36.4 Å². The van der Waals surface area contributed by atoms with E-state index in [1.807, 2.05) is 13.8 Å². The highest BCUT2D eigenvalue weighted by Gasteiger charge is 2.32. The number of hydrogen-bond donors (Lipinski definition) is 0. The minimum atomic E-state index is -4.26. The maximum atomic E-state index is 13.4. The van der Waals surface area contributed by atoms with E-state index in [2.05, 4.69) is 0 Å². The van der Waals surface area contributed by atoms with Crippen LogP contribution >= 0.6 is 0 Å². The van der Waals surface area contributed by atoms with Crippen LogP contribution < -0.4 is 4.31 Å². The van der Waals surface area contributed by atoms with Gasteiger partial charge in [-0.25, -0.2) is 8.42 Å². The van der Waals surface area contributed by atoms with E-state index in [1.54, 1.807) is 31.2 Å². The highest BCUT2D eigenvalue weighted by atomic mass is 32.2. The monoisotopic (exact) mass is 424 g/mol. The van der Waals surface area contributed by atoms with Gasteiger partial charge in [-0.3, -0.25) is 14.9 Å². The largest absolute Gasteiger partial charge is 0.273 e. The number of nitrogens with zero attached hydrogens (tertiary/aromatic N) is 2. The van der Waals surface area contributed by atoms with Crippen LogP contribution in [0.2, 0.25) is 0 Å². The van der Waals surface area contributed by atoms with Crippen molar-refractivity contribution in [3.63, 3.8) is 0 Å². The van der Waals surface area contributed by atoms with Gasteiger partial charge in [-0.05, 0) is 51.1 Å². The van der Waals surface area contributed by atoms with Gasteiger partial charge in [0, 0.05) is 17.2 Å². The van der Waals surface area contributed by atoms with Crippen LogP contribution in [0.25, 0.3) is 0 Å². The smallest absolute Gasteiger partial charge is 0.268 e. The summed E-state index contributed by atoms with van der Waals surface area (Å²) in [5.41, 5.74) is 1.94. The zero-order chi connectivity index (χ0) is 22.1. The van der Waals surface area contributed by atoms with Crippen LogP contribution in [0.4, 0.5) is 11.4 Å². The maximum Gasteiger partial charge on any atom is 0.273 e. The van der Waals surface area contributed by atoms with Crippen molar-refractivity contribution >= 4 is 27.3 Å². The quantitative estimate of drug-likeness (QED) is 0.442. The molecule has 7 nitrogen and oxygen atoms in total. The number of nitro groups is 1. The molecule has 8 heteroatoms. The number of amides is 1. The molecule has 0 radical (unpaired) electrons. The third-order valence-corrected chi connectivity index (χ3v) is 6.39. The van der Waals surface area contributed by atoms with Crippen LogP contribution in [0.1, 0.15) is 27.0 Å². The third-order valence-electron chi connectivity index (χ3n) is 4.66. The molecule has 3 rings (SSSR count). The van der Waals surface area contributed by atoms with E-state index >= 15 is 0 Å². The van der Waals surface area contributed by atoms with E-state index < -0.39 is 20.9 Å². The van der Waals surface area contributed by atoms with E-state index in [4.69, 9.17) is 0 Å². The van der Waals surface area contributed by atoms with Gasteiger partial charge >= 0.3 is 0 Å². The number of carbonyl (C=O) groups is 1. The first-order chi connectivity index (χ1) is 14.1. The summed E-state index contributed by atoms with van der Waals surface area (Å²) < 4.78 is 27.5. The first kappa shape index (κ1) is 21.2. The van der Waals surface area contributed by atoms with Crippen molar-refractivity contribution in [2.75, 3.05) is 4.31 Å². The normalized spacial score (nSPS) is 11.2. The molecule has 0 saturated carbocycles. The van der Waals surface area contributed by atoms with Gasteiger partial charge in [0.25, 0.3) is 21.6 Å². The van der Waals surface area contributed by atoms with Crippen molar-refractivity contribution in [2.24, 2.45) is 0 Å². The average Bonchev–Trinajstić information content (AvgIpc) is 2.70. The van der Waals surface area contributed by atoms with Gasteiger partial charge < -0.3 is 0 Å². The van der Waals surface area contributed by atoms with Gasteiger partial charge in [-0.2, -0.15) is 4.31 Å². The number of nitro benzene ring substituents is 1. The minimum Gasteiger partial charge on any atom is -0.268 e. The Kier molecular flexibility index (Phi) is 5.71. The second-order valence-corrected chi connectivity index (χ2v) is 8.77. The van der Waals surface area contributed by atoms with E-state index in [0.29, 0.717) is 9.87 Å². The molecule has 0 aromatic heterocycles. The molecule has 3 aromatic carbocycles. The third kappa shape index (κ3) is 4.08. The van der Waals surface area contributed by atoms with E-state index in [9.17, 15) is 23.3 Å².